The van der Waals surface area contributed by atoms with Gasteiger partial charge in [0.25, 0.3) is 15.9 Å². The van der Waals surface area contributed by atoms with Gasteiger partial charge in [-0.25, -0.2) is 13.8 Å². The summed E-state index contributed by atoms with van der Waals surface area (Å²) in [5, 5.41) is 4.20. The Morgan fingerprint density at radius 3 is 2.33 bits per heavy atom. The highest BCUT2D eigenvalue weighted by atomic mass is 32.2. The quantitative estimate of drug-likeness (QED) is 0.648. The molecule has 1 amide bonds. The number of hydrogen-bond acceptors (Lipinski definition) is 5. The SMILES string of the molecule is CCOc1ccc(S(=O)(=O)N(CC(=O)NN=C2CCCCC2)c2ccccc2)cc1. The van der Waals surface area contributed by atoms with Crippen molar-refractivity contribution in [2.24, 2.45) is 5.10 Å². The minimum absolute atomic E-state index is 0.0844. The summed E-state index contributed by atoms with van der Waals surface area (Å²) in [4.78, 5) is 12.6. The molecule has 0 heterocycles. The smallest absolute Gasteiger partial charge is 0.264 e. The fourth-order valence-corrected chi connectivity index (χ4v) is 4.71. The van der Waals surface area contributed by atoms with E-state index in [1.165, 1.54) is 18.6 Å². The molecule has 0 spiro atoms. The molecule has 8 heteroatoms. The molecule has 30 heavy (non-hydrogen) atoms. The lowest BCUT2D eigenvalue weighted by Gasteiger charge is -2.24. The van der Waals surface area contributed by atoms with Crippen LogP contribution in [0.1, 0.15) is 39.0 Å². The van der Waals surface area contributed by atoms with Crippen LogP contribution in [0, 0.1) is 0 Å². The summed E-state index contributed by atoms with van der Waals surface area (Å²) in [5.41, 5.74) is 3.89. The first-order valence-corrected chi connectivity index (χ1v) is 11.6. The summed E-state index contributed by atoms with van der Waals surface area (Å²) in [7, 11) is -3.96. The van der Waals surface area contributed by atoms with Crippen LogP contribution in [0.15, 0.2) is 64.6 Å². The normalized spacial score (nSPS) is 14.1. The molecule has 160 valence electrons. The lowest BCUT2D eigenvalue weighted by molar-refractivity contribution is -0.119. The molecule has 1 saturated carbocycles. The summed E-state index contributed by atoms with van der Waals surface area (Å²) in [5.74, 6) is 0.107. The number of hydrazone groups is 1. The number of nitrogens with zero attached hydrogens (tertiary/aromatic N) is 2. The van der Waals surface area contributed by atoms with Crippen LogP contribution in [0.3, 0.4) is 0 Å². The second kappa shape index (κ2) is 10.2. The van der Waals surface area contributed by atoms with E-state index in [-0.39, 0.29) is 11.4 Å². The van der Waals surface area contributed by atoms with E-state index in [2.05, 4.69) is 10.5 Å². The van der Waals surface area contributed by atoms with Crippen molar-refractivity contribution < 1.29 is 17.9 Å². The third kappa shape index (κ3) is 5.60. The summed E-state index contributed by atoms with van der Waals surface area (Å²) >= 11 is 0. The molecule has 2 aromatic carbocycles. The Morgan fingerprint density at radius 2 is 1.70 bits per heavy atom. The second-order valence-electron chi connectivity index (χ2n) is 7.03. The molecule has 1 N–H and O–H groups in total. The van der Waals surface area contributed by atoms with Crippen LogP contribution < -0.4 is 14.5 Å². The van der Waals surface area contributed by atoms with Gasteiger partial charge in [-0.05, 0) is 69.0 Å². The van der Waals surface area contributed by atoms with E-state index in [0.717, 1.165) is 35.7 Å². The zero-order chi connectivity index (χ0) is 21.4. The molecule has 3 rings (SSSR count). The molecule has 1 aliphatic rings. The number of ether oxygens (including phenoxy) is 1. The number of anilines is 1. The molecular formula is C22H27N3O4S. The highest BCUT2D eigenvalue weighted by Gasteiger charge is 2.27. The van der Waals surface area contributed by atoms with Gasteiger partial charge >= 0.3 is 0 Å². The molecule has 0 radical (unpaired) electrons. The Morgan fingerprint density at radius 1 is 1.03 bits per heavy atom. The average Bonchev–Trinajstić information content (AvgIpc) is 2.78. The highest BCUT2D eigenvalue weighted by Crippen LogP contribution is 2.25. The molecule has 7 nitrogen and oxygen atoms in total. The number of carbonyl (C=O) groups is 1. The molecule has 1 fully saturated rings. The summed E-state index contributed by atoms with van der Waals surface area (Å²) in [6, 6.07) is 14.8. The summed E-state index contributed by atoms with van der Waals surface area (Å²) in [6.07, 6.45) is 5.04. The van der Waals surface area contributed by atoms with Crippen molar-refractivity contribution in [1.82, 2.24) is 5.43 Å². The fourth-order valence-electron chi connectivity index (χ4n) is 3.29. The van der Waals surface area contributed by atoms with E-state index >= 15 is 0 Å². The van der Waals surface area contributed by atoms with Crippen LogP contribution >= 0.6 is 0 Å². The predicted octanol–water partition coefficient (Wildman–Crippen LogP) is 3.72. The number of hydrogen-bond donors (Lipinski definition) is 1. The fraction of sp³-hybridized carbons (Fsp3) is 0.364. The molecule has 0 unspecified atom stereocenters. The maximum absolute atomic E-state index is 13.3. The number of nitrogens with one attached hydrogen (secondary N) is 1. The number of amides is 1. The van der Waals surface area contributed by atoms with Crippen molar-refractivity contribution in [2.45, 2.75) is 43.9 Å². The minimum atomic E-state index is -3.96. The van der Waals surface area contributed by atoms with Crippen molar-refractivity contribution in [1.29, 1.82) is 0 Å². The van der Waals surface area contributed by atoms with Crippen molar-refractivity contribution in [3.05, 3.63) is 54.6 Å². The van der Waals surface area contributed by atoms with E-state index in [0.29, 0.717) is 18.0 Å². The van der Waals surface area contributed by atoms with E-state index < -0.39 is 15.9 Å². The topological polar surface area (TPSA) is 88.1 Å². The van der Waals surface area contributed by atoms with Gasteiger partial charge in [0.2, 0.25) is 0 Å². The molecule has 0 aromatic heterocycles. The van der Waals surface area contributed by atoms with Crippen molar-refractivity contribution >= 4 is 27.3 Å². The lowest BCUT2D eigenvalue weighted by Crippen LogP contribution is -2.39. The first kappa shape index (κ1) is 21.8. The van der Waals surface area contributed by atoms with Crippen LogP contribution in [-0.4, -0.2) is 33.2 Å². The third-order valence-electron chi connectivity index (χ3n) is 4.82. The van der Waals surface area contributed by atoms with E-state index in [4.69, 9.17) is 4.74 Å². The zero-order valence-corrected chi connectivity index (χ0v) is 17.9. The number of para-hydroxylation sites is 1. The van der Waals surface area contributed by atoms with Gasteiger partial charge in [-0.2, -0.15) is 5.10 Å². The standard InChI is InChI=1S/C22H27N3O4S/c1-2-29-20-13-15-21(16-14-20)30(27,28)25(19-11-7-4-8-12-19)17-22(26)24-23-18-9-5-3-6-10-18/h4,7-8,11-16H,2-3,5-6,9-10,17H2,1H3,(H,24,26). The van der Waals surface area contributed by atoms with Gasteiger partial charge in [0.05, 0.1) is 17.2 Å². The van der Waals surface area contributed by atoms with Crippen LogP contribution in [0.4, 0.5) is 5.69 Å². The first-order valence-electron chi connectivity index (χ1n) is 10.2. The van der Waals surface area contributed by atoms with E-state index in [1.54, 1.807) is 42.5 Å². The second-order valence-corrected chi connectivity index (χ2v) is 8.89. The van der Waals surface area contributed by atoms with Gasteiger partial charge in [0, 0.05) is 5.71 Å². The molecule has 0 saturated heterocycles. The Bertz CT molecular complexity index is 965. The minimum Gasteiger partial charge on any atom is -0.494 e. The van der Waals surface area contributed by atoms with Crippen molar-refractivity contribution in [3.8, 4) is 5.75 Å². The molecule has 1 aliphatic carbocycles. The number of carbonyl (C=O) groups excluding carboxylic acids is 1. The van der Waals surface area contributed by atoms with Gasteiger partial charge in [0.1, 0.15) is 12.3 Å². The van der Waals surface area contributed by atoms with Crippen LogP contribution in [0.5, 0.6) is 5.75 Å². The molecule has 2 aromatic rings. The Labute approximate surface area is 177 Å². The first-order chi connectivity index (χ1) is 14.5. The summed E-state index contributed by atoms with van der Waals surface area (Å²) in [6.45, 7) is 1.98. The van der Waals surface area contributed by atoms with Gasteiger partial charge in [-0.15, -0.1) is 0 Å². The molecule has 0 bridgehead atoms. The predicted molar refractivity (Wildman–Crippen MR) is 117 cm³/mol. The molecule has 0 aliphatic heterocycles. The maximum atomic E-state index is 13.3. The van der Waals surface area contributed by atoms with Crippen LogP contribution in [0.2, 0.25) is 0 Å². The van der Waals surface area contributed by atoms with Crippen molar-refractivity contribution in [3.63, 3.8) is 0 Å². The average molecular weight is 430 g/mol. The molecular weight excluding hydrogens is 402 g/mol. The lowest BCUT2D eigenvalue weighted by atomic mass is 9.99. The molecule has 0 atom stereocenters. The van der Waals surface area contributed by atoms with Crippen LogP contribution in [0.25, 0.3) is 0 Å². The van der Waals surface area contributed by atoms with E-state index in [1.807, 2.05) is 6.92 Å². The van der Waals surface area contributed by atoms with E-state index in [9.17, 15) is 13.2 Å². The number of rotatable bonds is 8. The van der Waals surface area contributed by atoms with Gasteiger partial charge < -0.3 is 4.74 Å². The van der Waals surface area contributed by atoms with Gasteiger partial charge in [-0.3, -0.25) is 9.10 Å². The Balaban J connectivity index is 1.82. The third-order valence-corrected chi connectivity index (χ3v) is 6.61. The maximum Gasteiger partial charge on any atom is 0.264 e. The van der Waals surface area contributed by atoms with Crippen molar-refractivity contribution in [2.75, 3.05) is 17.5 Å². The van der Waals surface area contributed by atoms with Gasteiger partial charge in [-0.1, -0.05) is 24.6 Å². The highest BCUT2D eigenvalue weighted by molar-refractivity contribution is 7.92. The zero-order valence-electron chi connectivity index (χ0n) is 17.1. The monoisotopic (exact) mass is 429 g/mol. The number of benzene rings is 2. The summed E-state index contributed by atoms with van der Waals surface area (Å²) < 4.78 is 33.1. The van der Waals surface area contributed by atoms with Crippen LogP contribution in [-0.2, 0) is 14.8 Å². The largest absolute Gasteiger partial charge is 0.494 e. The Hall–Kier alpha value is -2.87. The Kier molecular flexibility index (Phi) is 7.46. The number of sulfonamides is 1. The van der Waals surface area contributed by atoms with Gasteiger partial charge in [0.15, 0.2) is 0 Å².